The molecule has 0 aliphatic carbocycles. The summed E-state index contributed by atoms with van der Waals surface area (Å²) in [5.74, 6) is -0.832. The molecule has 0 N–H and O–H groups in total. The summed E-state index contributed by atoms with van der Waals surface area (Å²) in [6.45, 7) is 4.62. The Balaban J connectivity index is 1.66. The maximum Gasteiger partial charge on any atom is 0.241 e. The van der Waals surface area contributed by atoms with Gasteiger partial charge in [0.05, 0.1) is 12.0 Å². The molecule has 33 heavy (non-hydrogen) atoms. The fourth-order valence-electron chi connectivity index (χ4n) is 5.19. The van der Waals surface area contributed by atoms with Gasteiger partial charge in [-0.1, -0.05) is 54.6 Å². The molecule has 0 unspecified atom stereocenters. The molecular formula is C27H30N2O4. The van der Waals surface area contributed by atoms with Gasteiger partial charge in [-0.05, 0) is 43.4 Å². The summed E-state index contributed by atoms with van der Waals surface area (Å²) >= 11 is 0. The molecule has 2 aliphatic rings. The number of carbonyl (C=O) groups is 4. The molecule has 6 nitrogen and oxygen atoms in total. The van der Waals surface area contributed by atoms with Crippen molar-refractivity contribution >= 4 is 23.5 Å². The highest BCUT2D eigenvalue weighted by atomic mass is 16.2. The smallest absolute Gasteiger partial charge is 0.241 e. The van der Waals surface area contributed by atoms with E-state index in [1.165, 1.54) is 4.90 Å². The summed E-state index contributed by atoms with van der Waals surface area (Å²) in [4.78, 5) is 55.4. The summed E-state index contributed by atoms with van der Waals surface area (Å²) in [5, 5.41) is 0. The number of piperidine rings is 1. The first-order valence-corrected chi connectivity index (χ1v) is 11.5. The normalized spacial score (nSPS) is 23.2. The van der Waals surface area contributed by atoms with Crippen LogP contribution in [0.4, 0.5) is 0 Å². The van der Waals surface area contributed by atoms with Gasteiger partial charge in [0, 0.05) is 31.8 Å². The maximum absolute atomic E-state index is 13.9. The van der Waals surface area contributed by atoms with Crippen molar-refractivity contribution in [3.8, 4) is 0 Å². The number of hydrogen-bond donors (Lipinski definition) is 0. The van der Waals surface area contributed by atoms with E-state index in [1.54, 1.807) is 11.8 Å². The van der Waals surface area contributed by atoms with Crippen molar-refractivity contribution in [1.29, 1.82) is 0 Å². The first-order chi connectivity index (χ1) is 15.8. The number of carbonyl (C=O) groups excluding carboxylic acids is 4. The molecule has 4 rings (SSSR count). The maximum atomic E-state index is 13.9. The number of nitrogens with zero attached hydrogens (tertiary/aromatic N) is 2. The highest BCUT2D eigenvalue weighted by molar-refractivity contribution is 6.10. The summed E-state index contributed by atoms with van der Waals surface area (Å²) in [6.07, 6.45) is 1.45. The van der Waals surface area contributed by atoms with E-state index in [1.807, 2.05) is 61.5 Å². The van der Waals surface area contributed by atoms with Gasteiger partial charge in [-0.15, -0.1) is 0 Å². The molecule has 0 aromatic heterocycles. The van der Waals surface area contributed by atoms with Gasteiger partial charge in [-0.25, -0.2) is 0 Å². The highest BCUT2D eigenvalue weighted by Crippen LogP contribution is 2.42. The second-order valence-electron chi connectivity index (χ2n) is 9.31. The van der Waals surface area contributed by atoms with E-state index < -0.39 is 5.41 Å². The van der Waals surface area contributed by atoms with Crippen LogP contribution in [0.25, 0.3) is 0 Å². The lowest BCUT2D eigenvalue weighted by Crippen LogP contribution is -2.47. The van der Waals surface area contributed by atoms with Crippen LogP contribution in [-0.4, -0.2) is 46.4 Å². The van der Waals surface area contributed by atoms with E-state index in [-0.39, 0.29) is 48.8 Å². The van der Waals surface area contributed by atoms with Crippen LogP contribution < -0.4 is 0 Å². The summed E-state index contributed by atoms with van der Waals surface area (Å²) in [5.41, 5.74) is 1.25. The average Bonchev–Trinajstić information content (AvgIpc) is 3.04. The van der Waals surface area contributed by atoms with E-state index in [9.17, 15) is 19.2 Å². The lowest BCUT2D eigenvalue weighted by atomic mass is 9.73. The molecule has 0 saturated carbocycles. The molecular weight excluding hydrogens is 416 g/mol. The zero-order chi connectivity index (χ0) is 23.6. The molecule has 2 heterocycles. The third-order valence-electron chi connectivity index (χ3n) is 7.05. The number of rotatable bonds is 6. The first-order valence-electron chi connectivity index (χ1n) is 11.5. The lowest BCUT2D eigenvalue weighted by molar-refractivity contribution is -0.144. The van der Waals surface area contributed by atoms with Crippen molar-refractivity contribution in [1.82, 2.24) is 9.80 Å². The number of benzene rings is 2. The molecule has 2 aliphatic heterocycles. The highest BCUT2D eigenvalue weighted by Gasteiger charge is 2.54. The van der Waals surface area contributed by atoms with Gasteiger partial charge in [-0.2, -0.15) is 0 Å². The fraction of sp³-hybridized carbons (Fsp3) is 0.407. The van der Waals surface area contributed by atoms with Crippen LogP contribution in [0.15, 0.2) is 54.6 Å². The standard InChI is InChI=1S/C27H30N2O4/c1-19-9-6-7-13-23(19)27(15-24(31)28-14-8-12-22(18-28)20(2)30)16-25(32)29(26(27)33)17-21-10-4-3-5-11-21/h3-7,9-11,13,22H,8,12,14-18H2,1-2H3/t22-,27+/m1/s1. The Labute approximate surface area is 194 Å². The van der Waals surface area contributed by atoms with Crippen LogP contribution in [0.2, 0.25) is 0 Å². The Hall–Kier alpha value is -3.28. The number of aryl methyl sites for hydroxylation is 1. The Morgan fingerprint density at radius 2 is 1.73 bits per heavy atom. The van der Waals surface area contributed by atoms with Crippen LogP contribution in [0.1, 0.15) is 49.3 Å². The third kappa shape index (κ3) is 4.47. The van der Waals surface area contributed by atoms with E-state index in [0.29, 0.717) is 13.1 Å². The van der Waals surface area contributed by atoms with Crippen LogP contribution in [0.3, 0.4) is 0 Å². The lowest BCUT2D eigenvalue weighted by Gasteiger charge is -2.35. The van der Waals surface area contributed by atoms with Crippen molar-refractivity contribution in [3.63, 3.8) is 0 Å². The largest absolute Gasteiger partial charge is 0.342 e. The van der Waals surface area contributed by atoms with Crippen molar-refractivity contribution < 1.29 is 19.2 Å². The second-order valence-corrected chi connectivity index (χ2v) is 9.31. The minimum absolute atomic E-state index is 0.0285. The molecule has 0 spiro atoms. The van der Waals surface area contributed by atoms with E-state index in [4.69, 9.17) is 0 Å². The van der Waals surface area contributed by atoms with Gasteiger partial charge in [0.15, 0.2) is 0 Å². The van der Waals surface area contributed by atoms with Crippen LogP contribution in [0.5, 0.6) is 0 Å². The minimum Gasteiger partial charge on any atom is -0.342 e. The predicted octanol–water partition coefficient (Wildman–Crippen LogP) is 3.41. The molecule has 3 amide bonds. The summed E-state index contributed by atoms with van der Waals surface area (Å²) in [7, 11) is 0. The zero-order valence-electron chi connectivity index (χ0n) is 19.3. The van der Waals surface area contributed by atoms with Gasteiger partial charge < -0.3 is 4.90 Å². The molecule has 6 heteroatoms. The number of hydrogen-bond acceptors (Lipinski definition) is 4. The Bertz CT molecular complexity index is 1080. The molecule has 2 fully saturated rings. The third-order valence-corrected chi connectivity index (χ3v) is 7.05. The number of likely N-dealkylation sites (tertiary alicyclic amines) is 2. The van der Waals surface area contributed by atoms with Crippen molar-refractivity contribution in [2.45, 2.75) is 51.5 Å². The Kier molecular flexibility index (Phi) is 6.45. The first kappa shape index (κ1) is 22.9. The van der Waals surface area contributed by atoms with E-state index in [2.05, 4.69) is 0 Å². The van der Waals surface area contributed by atoms with E-state index in [0.717, 1.165) is 29.5 Å². The minimum atomic E-state index is -1.22. The Morgan fingerprint density at radius 3 is 2.42 bits per heavy atom. The van der Waals surface area contributed by atoms with Crippen molar-refractivity contribution in [2.75, 3.05) is 13.1 Å². The quantitative estimate of drug-likeness (QED) is 0.638. The van der Waals surface area contributed by atoms with Gasteiger partial charge in [0.2, 0.25) is 17.7 Å². The summed E-state index contributed by atoms with van der Waals surface area (Å²) in [6, 6.07) is 16.9. The van der Waals surface area contributed by atoms with Crippen molar-refractivity contribution in [2.24, 2.45) is 5.92 Å². The van der Waals surface area contributed by atoms with Crippen LogP contribution in [-0.2, 0) is 31.1 Å². The van der Waals surface area contributed by atoms with Gasteiger partial charge in [0.25, 0.3) is 0 Å². The number of Topliss-reactive ketones (excluding diaryl/α,β-unsaturated/α-hetero) is 1. The average molecular weight is 447 g/mol. The SMILES string of the molecule is CC(=O)[C@@H]1CCCN(C(=O)C[C@@]2(c3ccccc3C)CC(=O)N(Cc3ccccc3)C2=O)C1. The fourth-order valence-corrected chi connectivity index (χ4v) is 5.19. The van der Waals surface area contributed by atoms with Crippen molar-refractivity contribution in [3.05, 3.63) is 71.3 Å². The number of ketones is 1. The molecule has 2 aromatic carbocycles. The summed E-state index contributed by atoms with van der Waals surface area (Å²) < 4.78 is 0. The molecule has 2 saturated heterocycles. The van der Waals surface area contributed by atoms with Gasteiger partial charge in [0.1, 0.15) is 5.78 Å². The predicted molar refractivity (Wildman–Crippen MR) is 124 cm³/mol. The van der Waals surface area contributed by atoms with Gasteiger partial charge >= 0.3 is 0 Å². The number of amides is 3. The van der Waals surface area contributed by atoms with Crippen LogP contribution in [0, 0.1) is 12.8 Å². The zero-order valence-corrected chi connectivity index (χ0v) is 19.3. The van der Waals surface area contributed by atoms with Gasteiger partial charge in [-0.3, -0.25) is 24.1 Å². The molecule has 2 aromatic rings. The number of imide groups is 1. The molecule has 172 valence electrons. The molecule has 0 bridgehead atoms. The Morgan fingerprint density at radius 1 is 1.03 bits per heavy atom. The van der Waals surface area contributed by atoms with Crippen LogP contribution >= 0.6 is 0 Å². The monoisotopic (exact) mass is 446 g/mol. The topological polar surface area (TPSA) is 74.8 Å². The molecule has 0 radical (unpaired) electrons. The molecule has 2 atom stereocenters. The van der Waals surface area contributed by atoms with E-state index >= 15 is 0 Å². The second kappa shape index (κ2) is 9.30.